The van der Waals surface area contributed by atoms with Gasteiger partial charge in [-0.25, -0.2) is 4.98 Å². The lowest BCUT2D eigenvalue weighted by atomic mass is 10.0. The number of rotatable bonds is 7. The summed E-state index contributed by atoms with van der Waals surface area (Å²) in [6.07, 6.45) is 6.06. The maximum absolute atomic E-state index is 8.98. The summed E-state index contributed by atoms with van der Waals surface area (Å²) in [5.41, 5.74) is 3.35. The van der Waals surface area contributed by atoms with Crippen molar-refractivity contribution in [3.8, 4) is 0 Å². The highest BCUT2D eigenvalue weighted by atomic mass is 16.3. The summed E-state index contributed by atoms with van der Waals surface area (Å²) in [6, 6.07) is 11.0. The van der Waals surface area contributed by atoms with Crippen molar-refractivity contribution >= 4 is 6.08 Å². The molecular weight excluding hydrogens is 276 g/mol. The Labute approximate surface area is 130 Å². The van der Waals surface area contributed by atoms with E-state index >= 15 is 0 Å². The lowest BCUT2D eigenvalue weighted by Crippen LogP contribution is -2.18. The minimum Gasteiger partial charge on any atom is -0.447 e. The van der Waals surface area contributed by atoms with Crippen molar-refractivity contribution in [1.29, 1.82) is 0 Å². The van der Waals surface area contributed by atoms with Gasteiger partial charge in [-0.2, -0.15) is 0 Å². The second-order valence-corrected chi connectivity index (χ2v) is 5.70. The molecule has 2 aromatic rings. The van der Waals surface area contributed by atoms with Crippen LogP contribution in [0.2, 0.25) is 0 Å². The topological polar surface area (TPSA) is 58.3 Å². The number of nitrogens with one attached hydrogen (secondary N) is 1. The molecule has 4 heteroatoms. The maximum atomic E-state index is 8.98. The zero-order valence-corrected chi connectivity index (χ0v) is 12.8. The molecule has 1 aliphatic carbocycles. The molecule has 2 atom stereocenters. The smallest absolute Gasteiger partial charge is 0.208 e. The first-order valence-corrected chi connectivity index (χ1v) is 7.83. The summed E-state index contributed by atoms with van der Waals surface area (Å²) in [6.45, 7) is 2.75. The fourth-order valence-electron chi connectivity index (χ4n) is 2.79. The first-order valence-electron chi connectivity index (χ1n) is 7.83. The largest absolute Gasteiger partial charge is 0.447 e. The minimum atomic E-state index is -0.0741. The number of oxazole rings is 1. The second-order valence-electron chi connectivity index (χ2n) is 5.70. The Hall–Kier alpha value is -1.91. The van der Waals surface area contributed by atoms with Crippen molar-refractivity contribution in [3.05, 3.63) is 59.3 Å². The monoisotopic (exact) mass is 298 g/mol. The van der Waals surface area contributed by atoms with E-state index in [1.807, 2.05) is 6.07 Å². The molecule has 1 heterocycles. The quantitative estimate of drug-likeness (QED) is 0.824. The van der Waals surface area contributed by atoms with Crippen molar-refractivity contribution in [3.63, 3.8) is 0 Å². The lowest BCUT2D eigenvalue weighted by Gasteiger charge is -2.05. The maximum Gasteiger partial charge on any atom is 0.208 e. The van der Waals surface area contributed by atoms with Gasteiger partial charge in [0.15, 0.2) is 0 Å². The summed E-state index contributed by atoms with van der Waals surface area (Å²) >= 11 is 0. The average Bonchev–Trinajstić information content (AvgIpc) is 3.18. The number of aliphatic hydroxyl groups excluding tert-OH is 1. The zero-order chi connectivity index (χ0) is 15.4. The molecule has 0 spiro atoms. The third-order valence-corrected chi connectivity index (χ3v) is 4.10. The number of aliphatic hydroxyl groups is 1. The predicted molar refractivity (Wildman–Crippen MR) is 85.9 cm³/mol. The normalized spacial score (nSPS) is 21.1. The Morgan fingerprint density at radius 1 is 1.41 bits per heavy atom. The van der Waals surface area contributed by atoms with Crippen LogP contribution in [0.5, 0.6) is 0 Å². The number of hydrogen-bond acceptors (Lipinski definition) is 4. The SMILES string of the molecule is CCC(=Cc1ccccc1)[C@@H]1C[C@H]1NCc1nc(CO)co1. The summed E-state index contributed by atoms with van der Waals surface area (Å²) in [4.78, 5) is 4.19. The Kier molecular flexibility index (Phi) is 4.71. The van der Waals surface area contributed by atoms with Gasteiger partial charge in [0.05, 0.1) is 13.2 Å². The first-order chi connectivity index (χ1) is 10.8. The molecule has 0 unspecified atom stereocenters. The van der Waals surface area contributed by atoms with Crippen LogP contribution in [0.4, 0.5) is 0 Å². The number of nitrogens with zero attached hydrogens (tertiary/aromatic N) is 1. The van der Waals surface area contributed by atoms with Crippen LogP contribution in [0.3, 0.4) is 0 Å². The Morgan fingerprint density at radius 2 is 2.23 bits per heavy atom. The van der Waals surface area contributed by atoms with Gasteiger partial charge < -0.3 is 14.8 Å². The number of hydrogen-bond donors (Lipinski definition) is 2. The van der Waals surface area contributed by atoms with E-state index in [0.717, 1.165) is 6.42 Å². The molecule has 116 valence electrons. The van der Waals surface area contributed by atoms with Crippen LogP contribution in [-0.4, -0.2) is 16.1 Å². The van der Waals surface area contributed by atoms with Gasteiger partial charge in [-0.1, -0.05) is 48.9 Å². The molecule has 3 rings (SSSR count). The van der Waals surface area contributed by atoms with Crippen molar-refractivity contribution in [2.24, 2.45) is 5.92 Å². The van der Waals surface area contributed by atoms with E-state index in [1.165, 1.54) is 23.8 Å². The zero-order valence-electron chi connectivity index (χ0n) is 12.8. The van der Waals surface area contributed by atoms with Gasteiger partial charge in [0.2, 0.25) is 5.89 Å². The van der Waals surface area contributed by atoms with Crippen LogP contribution in [0.1, 0.15) is 36.9 Å². The molecule has 0 aliphatic heterocycles. The summed E-state index contributed by atoms with van der Waals surface area (Å²) < 4.78 is 5.30. The third-order valence-electron chi connectivity index (χ3n) is 4.10. The van der Waals surface area contributed by atoms with Crippen LogP contribution in [0, 0.1) is 5.92 Å². The molecule has 1 aliphatic rings. The van der Waals surface area contributed by atoms with Crippen LogP contribution >= 0.6 is 0 Å². The van der Waals surface area contributed by atoms with E-state index < -0.39 is 0 Å². The van der Waals surface area contributed by atoms with Crippen molar-refractivity contribution in [2.75, 3.05) is 0 Å². The van der Waals surface area contributed by atoms with Crippen LogP contribution in [-0.2, 0) is 13.2 Å². The van der Waals surface area contributed by atoms with Crippen molar-refractivity contribution in [2.45, 2.75) is 39.0 Å². The van der Waals surface area contributed by atoms with Gasteiger partial charge in [0, 0.05) is 6.04 Å². The summed E-state index contributed by atoms with van der Waals surface area (Å²) in [7, 11) is 0. The lowest BCUT2D eigenvalue weighted by molar-refractivity contribution is 0.276. The number of benzene rings is 1. The molecule has 0 saturated heterocycles. The highest BCUT2D eigenvalue weighted by Gasteiger charge is 2.38. The number of aromatic nitrogens is 1. The molecule has 1 aromatic heterocycles. The molecule has 0 bridgehead atoms. The van der Waals surface area contributed by atoms with Gasteiger partial charge in [-0.3, -0.25) is 0 Å². The highest BCUT2D eigenvalue weighted by molar-refractivity contribution is 5.54. The Bertz CT molecular complexity index is 634. The highest BCUT2D eigenvalue weighted by Crippen LogP contribution is 2.39. The van der Waals surface area contributed by atoms with E-state index in [1.54, 1.807) is 0 Å². The average molecular weight is 298 g/mol. The Morgan fingerprint density at radius 3 is 2.91 bits per heavy atom. The molecule has 2 N–H and O–H groups in total. The van der Waals surface area contributed by atoms with Gasteiger partial charge in [0.25, 0.3) is 0 Å². The third kappa shape index (κ3) is 3.64. The standard InChI is InChI=1S/C18H22N2O2/c1-2-14(8-13-6-4-3-5-7-13)16-9-17(16)19-10-18-20-15(11-21)12-22-18/h3-8,12,16-17,19,21H,2,9-11H2,1H3/t16-,17+/m0/s1. The molecule has 4 nitrogen and oxygen atoms in total. The fourth-order valence-corrected chi connectivity index (χ4v) is 2.79. The van der Waals surface area contributed by atoms with Crippen molar-refractivity contribution in [1.82, 2.24) is 10.3 Å². The van der Waals surface area contributed by atoms with E-state index in [4.69, 9.17) is 9.52 Å². The fraction of sp³-hybridized carbons (Fsp3) is 0.389. The summed E-state index contributed by atoms with van der Waals surface area (Å²) in [5, 5.41) is 12.5. The first kappa shape index (κ1) is 15.0. The Balaban J connectivity index is 1.55. The second kappa shape index (κ2) is 6.90. The van der Waals surface area contributed by atoms with Crippen molar-refractivity contribution < 1.29 is 9.52 Å². The van der Waals surface area contributed by atoms with E-state index in [2.05, 4.69) is 47.6 Å². The van der Waals surface area contributed by atoms with E-state index in [0.29, 0.717) is 30.1 Å². The van der Waals surface area contributed by atoms with E-state index in [-0.39, 0.29) is 6.61 Å². The minimum absolute atomic E-state index is 0.0741. The molecule has 1 aromatic carbocycles. The van der Waals surface area contributed by atoms with E-state index in [9.17, 15) is 0 Å². The van der Waals surface area contributed by atoms with Gasteiger partial charge >= 0.3 is 0 Å². The molecule has 1 saturated carbocycles. The van der Waals surface area contributed by atoms with Crippen LogP contribution in [0.25, 0.3) is 6.08 Å². The predicted octanol–water partition coefficient (Wildman–Crippen LogP) is 3.14. The molecule has 0 amide bonds. The molecular formula is C18H22N2O2. The van der Waals surface area contributed by atoms with Crippen LogP contribution in [0.15, 0.2) is 46.6 Å². The van der Waals surface area contributed by atoms with Gasteiger partial charge in [0.1, 0.15) is 12.0 Å². The van der Waals surface area contributed by atoms with Crippen LogP contribution < -0.4 is 5.32 Å². The van der Waals surface area contributed by atoms with Gasteiger partial charge in [-0.05, 0) is 24.3 Å². The molecule has 1 fully saturated rings. The molecule has 0 radical (unpaired) electrons. The molecule has 22 heavy (non-hydrogen) atoms. The van der Waals surface area contributed by atoms with Gasteiger partial charge in [-0.15, -0.1) is 0 Å². The summed E-state index contributed by atoms with van der Waals surface area (Å²) in [5.74, 6) is 1.25.